The quantitative estimate of drug-likeness (QED) is 0.472. The third-order valence-electron chi connectivity index (χ3n) is 2.80. The molecule has 1 unspecified atom stereocenters. The van der Waals surface area contributed by atoms with Crippen LogP contribution in [0.2, 0.25) is 0 Å². The zero-order valence-electron chi connectivity index (χ0n) is 8.97. The third kappa shape index (κ3) is 2.26. The summed E-state index contributed by atoms with van der Waals surface area (Å²) in [7, 11) is 0. The molecular weight excluding hydrogens is 248 g/mol. The van der Waals surface area contributed by atoms with Crippen LogP contribution in [0.25, 0.3) is 0 Å². The Labute approximate surface area is 102 Å². The summed E-state index contributed by atoms with van der Waals surface area (Å²) in [5, 5.41) is 10.4. The van der Waals surface area contributed by atoms with Gasteiger partial charge in [0.1, 0.15) is 4.92 Å². The molecule has 1 aliphatic heterocycles. The van der Waals surface area contributed by atoms with Crippen LogP contribution in [0, 0.1) is 10.1 Å². The van der Waals surface area contributed by atoms with Crippen molar-refractivity contribution in [2.45, 2.75) is 18.9 Å². The summed E-state index contributed by atoms with van der Waals surface area (Å²) >= 11 is 5.76. The van der Waals surface area contributed by atoms with E-state index in [0.29, 0.717) is 12.4 Å². The van der Waals surface area contributed by atoms with Crippen LogP contribution in [0.1, 0.15) is 23.4 Å². The van der Waals surface area contributed by atoms with Crippen LogP contribution in [0.15, 0.2) is 16.5 Å². The molecule has 17 heavy (non-hydrogen) atoms. The molecule has 1 saturated heterocycles. The summed E-state index contributed by atoms with van der Waals surface area (Å²) in [5.41, 5.74) is 0. The van der Waals surface area contributed by atoms with E-state index in [0.717, 1.165) is 12.8 Å². The Kier molecular flexibility index (Phi) is 3.33. The molecule has 92 valence electrons. The molecule has 2 rings (SSSR count). The van der Waals surface area contributed by atoms with E-state index < -0.39 is 10.8 Å². The van der Waals surface area contributed by atoms with Crippen LogP contribution in [-0.4, -0.2) is 34.2 Å². The molecule has 1 aromatic rings. The Morgan fingerprint density at radius 3 is 3.00 bits per heavy atom. The van der Waals surface area contributed by atoms with Crippen molar-refractivity contribution in [2.24, 2.45) is 0 Å². The first-order valence-electron chi connectivity index (χ1n) is 5.24. The molecule has 0 aliphatic carbocycles. The standard InChI is InChI=1S/C10H11ClN2O4/c11-6-7-2-1-5-12(7)10(14)8-3-4-9(17-8)13(15)16/h3-4,7H,1-2,5-6H2. The van der Waals surface area contributed by atoms with Gasteiger partial charge in [0.15, 0.2) is 5.76 Å². The first-order chi connectivity index (χ1) is 8.13. The number of nitrogens with zero attached hydrogens (tertiary/aromatic N) is 2. The molecule has 0 spiro atoms. The summed E-state index contributed by atoms with van der Waals surface area (Å²) in [6, 6.07) is 2.50. The van der Waals surface area contributed by atoms with Gasteiger partial charge in [-0.1, -0.05) is 0 Å². The number of carbonyl (C=O) groups is 1. The van der Waals surface area contributed by atoms with Crippen molar-refractivity contribution in [2.75, 3.05) is 12.4 Å². The lowest BCUT2D eigenvalue weighted by Crippen LogP contribution is -2.36. The van der Waals surface area contributed by atoms with Gasteiger partial charge in [-0.25, -0.2) is 0 Å². The minimum atomic E-state index is -0.667. The number of rotatable bonds is 3. The topological polar surface area (TPSA) is 76.6 Å². The van der Waals surface area contributed by atoms with Gasteiger partial charge in [-0.3, -0.25) is 14.9 Å². The maximum atomic E-state index is 12.0. The zero-order chi connectivity index (χ0) is 12.4. The fourth-order valence-electron chi connectivity index (χ4n) is 1.95. The van der Waals surface area contributed by atoms with Gasteiger partial charge < -0.3 is 9.32 Å². The minimum Gasteiger partial charge on any atom is -0.395 e. The van der Waals surface area contributed by atoms with Gasteiger partial charge in [0.05, 0.1) is 6.07 Å². The highest BCUT2D eigenvalue weighted by atomic mass is 35.5. The SMILES string of the molecule is O=C(c1ccc([N+](=O)[O-])o1)N1CCCC1CCl. The highest BCUT2D eigenvalue weighted by molar-refractivity contribution is 6.18. The molecule has 2 heterocycles. The summed E-state index contributed by atoms with van der Waals surface area (Å²) in [4.78, 5) is 23.4. The lowest BCUT2D eigenvalue weighted by Gasteiger charge is -2.21. The van der Waals surface area contributed by atoms with Gasteiger partial charge in [0.25, 0.3) is 5.91 Å². The van der Waals surface area contributed by atoms with Gasteiger partial charge in [0.2, 0.25) is 0 Å². The Morgan fingerprint density at radius 2 is 2.41 bits per heavy atom. The summed E-state index contributed by atoms with van der Waals surface area (Å²) < 4.78 is 4.88. The molecule has 1 fully saturated rings. The van der Waals surface area contributed by atoms with Crippen molar-refractivity contribution in [1.82, 2.24) is 4.90 Å². The number of carbonyl (C=O) groups excluding carboxylic acids is 1. The molecule has 7 heteroatoms. The van der Waals surface area contributed by atoms with Crippen molar-refractivity contribution < 1.29 is 14.1 Å². The lowest BCUT2D eigenvalue weighted by atomic mass is 10.2. The Balaban J connectivity index is 2.16. The summed E-state index contributed by atoms with van der Waals surface area (Å²) in [5.74, 6) is -0.390. The zero-order valence-corrected chi connectivity index (χ0v) is 9.72. The minimum absolute atomic E-state index is 0.00582. The van der Waals surface area contributed by atoms with Gasteiger partial charge in [-0.05, 0) is 18.9 Å². The van der Waals surface area contributed by atoms with E-state index in [1.165, 1.54) is 12.1 Å². The van der Waals surface area contributed by atoms with Crippen molar-refractivity contribution in [3.05, 3.63) is 28.0 Å². The number of halogens is 1. The highest BCUT2D eigenvalue weighted by Crippen LogP contribution is 2.23. The van der Waals surface area contributed by atoms with Gasteiger partial charge in [0, 0.05) is 18.5 Å². The second kappa shape index (κ2) is 4.75. The average Bonchev–Trinajstić information content (AvgIpc) is 2.96. The number of hydrogen-bond donors (Lipinski definition) is 0. The van der Waals surface area contributed by atoms with Crippen molar-refractivity contribution in [3.63, 3.8) is 0 Å². The number of furan rings is 1. The fourth-order valence-corrected chi connectivity index (χ4v) is 2.27. The number of nitro groups is 1. The Hall–Kier alpha value is -1.56. The maximum Gasteiger partial charge on any atom is 0.433 e. The van der Waals surface area contributed by atoms with Gasteiger partial charge >= 0.3 is 5.88 Å². The molecule has 1 atom stereocenters. The van der Waals surface area contributed by atoms with E-state index in [4.69, 9.17) is 16.0 Å². The van der Waals surface area contributed by atoms with E-state index >= 15 is 0 Å². The van der Waals surface area contributed by atoms with Crippen LogP contribution in [0.5, 0.6) is 0 Å². The smallest absolute Gasteiger partial charge is 0.395 e. The Bertz CT molecular complexity index is 445. The predicted molar refractivity (Wildman–Crippen MR) is 60.1 cm³/mol. The monoisotopic (exact) mass is 258 g/mol. The molecule has 0 bridgehead atoms. The summed E-state index contributed by atoms with van der Waals surface area (Å²) in [6.45, 7) is 0.616. The van der Waals surface area contributed by atoms with Crippen LogP contribution in [0.4, 0.5) is 5.88 Å². The molecule has 1 amide bonds. The molecule has 1 aliphatic rings. The molecule has 6 nitrogen and oxygen atoms in total. The molecule has 0 aromatic carbocycles. The van der Waals surface area contributed by atoms with E-state index in [2.05, 4.69) is 0 Å². The molecule has 0 radical (unpaired) electrons. The number of amides is 1. The normalized spacial score (nSPS) is 19.6. The van der Waals surface area contributed by atoms with Gasteiger partial charge in [-0.15, -0.1) is 11.6 Å². The first-order valence-corrected chi connectivity index (χ1v) is 5.78. The highest BCUT2D eigenvalue weighted by Gasteiger charge is 2.31. The average molecular weight is 259 g/mol. The van der Waals surface area contributed by atoms with E-state index in [1.54, 1.807) is 4.90 Å². The van der Waals surface area contributed by atoms with E-state index in [-0.39, 0.29) is 17.7 Å². The molecule has 1 aromatic heterocycles. The third-order valence-corrected chi connectivity index (χ3v) is 3.15. The maximum absolute atomic E-state index is 12.0. The van der Waals surface area contributed by atoms with E-state index in [9.17, 15) is 14.9 Å². The lowest BCUT2D eigenvalue weighted by molar-refractivity contribution is -0.402. The Morgan fingerprint density at radius 1 is 1.65 bits per heavy atom. The predicted octanol–water partition coefficient (Wildman–Crippen LogP) is 2.03. The van der Waals surface area contributed by atoms with Gasteiger partial charge in [-0.2, -0.15) is 0 Å². The van der Waals surface area contributed by atoms with Crippen molar-refractivity contribution in [1.29, 1.82) is 0 Å². The first kappa shape index (κ1) is 11.9. The van der Waals surface area contributed by atoms with Crippen LogP contribution >= 0.6 is 11.6 Å². The summed E-state index contributed by atoms with van der Waals surface area (Å²) in [6.07, 6.45) is 1.75. The van der Waals surface area contributed by atoms with Crippen molar-refractivity contribution >= 4 is 23.4 Å². The largest absolute Gasteiger partial charge is 0.433 e. The van der Waals surface area contributed by atoms with Crippen LogP contribution in [0.3, 0.4) is 0 Å². The second-order valence-corrected chi connectivity index (χ2v) is 4.15. The molecule has 0 saturated carbocycles. The number of alkyl halides is 1. The second-order valence-electron chi connectivity index (χ2n) is 3.84. The number of likely N-dealkylation sites (tertiary alicyclic amines) is 1. The van der Waals surface area contributed by atoms with E-state index in [1.807, 2.05) is 0 Å². The van der Waals surface area contributed by atoms with Crippen LogP contribution < -0.4 is 0 Å². The molecular formula is C10H11ClN2O4. The molecule has 0 N–H and O–H groups in total. The van der Waals surface area contributed by atoms with Crippen LogP contribution in [-0.2, 0) is 0 Å². The van der Waals surface area contributed by atoms with Crippen molar-refractivity contribution in [3.8, 4) is 0 Å². The number of hydrogen-bond acceptors (Lipinski definition) is 4. The fraction of sp³-hybridized carbons (Fsp3) is 0.500.